The van der Waals surface area contributed by atoms with Crippen molar-refractivity contribution in [3.63, 3.8) is 0 Å². The lowest BCUT2D eigenvalue weighted by molar-refractivity contribution is -0.111. The average molecular weight is 379 g/mol. The number of anilines is 2. The molecule has 146 valence electrons. The summed E-state index contributed by atoms with van der Waals surface area (Å²) in [5.74, 6) is -0.576. The van der Waals surface area contributed by atoms with Gasteiger partial charge in [0.1, 0.15) is 0 Å². The highest BCUT2D eigenvalue weighted by Gasteiger charge is 2.17. The van der Waals surface area contributed by atoms with Gasteiger partial charge in [0.25, 0.3) is 0 Å². The van der Waals surface area contributed by atoms with E-state index in [2.05, 4.69) is 26.9 Å². The van der Waals surface area contributed by atoms with Crippen molar-refractivity contribution in [2.75, 3.05) is 50.6 Å². The fraction of sp³-hybridized carbons (Fsp3) is 0.273. The summed E-state index contributed by atoms with van der Waals surface area (Å²) in [6, 6.07) is 14.8. The van der Waals surface area contributed by atoms with Crippen molar-refractivity contribution in [1.82, 2.24) is 4.90 Å². The summed E-state index contributed by atoms with van der Waals surface area (Å²) >= 11 is 0. The van der Waals surface area contributed by atoms with Crippen LogP contribution in [0, 0.1) is 0 Å². The number of nitrogens with one attached hydrogen (secondary N) is 1. The zero-order valence-electron chi connectivity index (χ0n) is 16.2. The van der Waals surface area contributed by atoms with E-state index in [0.717, 1.165) is 43.1 Å². The fourth-order valence-corrected chi connectivity index (χ4v) is 3.10. The number of hydrogen-bond donors (Lipinski definition) is 1. The zero-order valence-corrected chi connectivity index (χ0v) is 16.2. The summed E-state index contributed by atoms with van der Waals surface area (Å²) in [7, 11) is 3.47. The predicted molar refractivity (Wildman–Crippen MR) is 112 cm³/mol. The molecule has 0 radical (unpaired) electrons. The molecule has 0 aromatic heterocycles. The Balaban J connectivity index is 1.65. The van der Waals surface area contributed by atoms with Gasteiger partial charge in [-0.3, -0.25) is 4.79 Å². The van der Waals surface area contributed by atoms with Crippen molar-refractivity contribution < 1.29 is 14.3 Å². The van der Waals surface area contributed by atoms with E-state index < -0.39 is 0 Å². The fourth-order valence-electron chi connectivity index (χ4n) is 3.10. The predicted octanol–water partition coefficient (Wildman–Crippen LogP) is 2.88. The van der Waals surface area contributed by atoms with Crippen LogP contribution in [-0.2, 0) is 9.53 Å². The molecule has 6 nitrogen and oxygen atoms in total. The number of amides is 1. The van der Waals surface area contributed by atoms with Gasteiger partial charge in [-0.05, 0) is 43.0 Å². The maximum atomic E-state index is 12.4. The van der Waals surface area contributed by atoms with Crippen LogP contribution >= 0.6 is 0 Å². The van der Waals surface area contributed by atoms with Crippen LogP contribution in [0.5, 0.6) is 0 Å². The molecule has 2 aromatic carbocycles. The topological polar surface area (TPSA) is 61.9 Å². The summed E-state index contributed by atoms with van der Waals surface area (Å²) in [5, 5.41) is 2.97. The quantitative estimate of drug-likeness (QED) is 0.639. The van der Waals surface area contributed by atoms with Gasteiger partial charge in [-0.2, -0.15) is 0 Å². The molecule has 0 saturated carbocycles. The van der Waals surface area contributed by atoms with Gasteiger partial charge in [-0.25, -0.2) is 4.79 Å². The molecule has 1 amide bonds. The minimum absolute atomic E-state index is 0.196. The number of carbonyl (C=O) groups excluding carboxylic acids is 2. The molecule has 1 heterocycles. The highest BCUT2D eigenvalue weighted by atomic mass is 16.5. The zero-order chi connectivity index (χ0) is 19.9. The van der Waals surface area contributed by atoms with Crippen molar-refractivity contribution in [1.29, 1.82) is 0 Å². The first-order valence-corrected chi connectivity index (χ1v) is 9.27. The lowest BCUT2D eigenvalue weighted by Crippen LogP contribution is -2.44. The molecule has 6 heteroatoms. The molecule has 1 aliphatic heterocycles. The smallest absolute Gasteiger partial charge is 0.337 e. The minimum Gasteiger partial charge on any atom is -0.465 e. The Labute approximate surface area is 165 Å². The minimum atomic E-state index is -0.381. The number of esters is 1. The number of para-hydroxylation sites is 2. The molecule has 1 N–H and O–H groups in total. The van der Waals surface area contributed by atoms with Gasteiger partial charge in [0.2, 0.25) is 5.91 Å². The standard InChI is InChI=1S/C22H25N3O3/c1-24-13-15-25(16-14-24)20-6-4-3-5-19(20)23-21(26)12-9-17-7-10-18(11-8-17)22(27)28-2/h3-12H,13-16H2,1-2H3,(H,23,26)/b12-9+. The third-order valence-electron chi connectivity index (χ3n) is 4.76. The van der Waals surface area contributed by atoms with E-state index in [-0.39, 0.29) is 11.9 Å². The number of benzene rings is 2. The SMILES string of the molecule is COC(=O)c1ccc(/C=C/C(=O)Nc2ccccc2N2CCN(C)CC2)cc1. The summed E-state index contributed by atoms with van der Waals surface area (Å²) in [4.78, 5) is 28.5. The van der Waals surface area contributed by atoms with Crippen molar-refractivity contribution in [2.45, 2.75) is 0 Å². The molecule has 0 spiro atoms. The number of methoxy groups -OCH3 is 1. The van der Waals surface area contributed by atoms with Crippen LogP contribution in [0.25, 0.3) is 6.08 Å². The maximum absolute atomic E-state index is 12.4. The molecule has 2 aromatic rings. The number of piperazine rings is 1. The van der Waals surface area contributed by atoms with Gasteiger partial charge in [0, 0.05) is 32.3 Å². The van der Waals surface area contributed by atoms with E-state index in [1.165, 1.54) is 13.2 Å². The van der Waals surface area contributed by atoms with E-state index in [1.807, 2.05) is 24.3 Å². The van der Waals surface area contributed by atoms with Crippen molar-refractivity contribution >= 4 is 29.3 Å². The Morgan fingerprint density at radius 3 is 2.36 bits per heavy atom. The Hall–Kier alpha value is -3.12. The Morgan fingerprint density at radius 1 is 1.00 bits per heavy atom. The maximum Gasteiger partial charge on any atom is 0.337 e. The molecule has 0 unspecified atom stereocenters. The van der Waals surface area contributed by atoms with Gasteiger partial charge in [0.05, 0.1) is 24.0 Å². The van der Waals surface area contributed by atoms with Gasteiger partial charge < -0.3 is 19.9 Å². The van der Waals surface area contributed by atoms with Gasteiger partial charge in [-0.15, -0.1) is 0 Å². The number of rotatable bonds is 5. The lowest BCUT2D eigenvalue weighted by Gasteiger charge is -2.35. The second kappa shape index (κ2) is 9.19. The van der Waals surface area contributed by atoms with Gasteiger partial charge in [0.15, 0.2) is 0 Å². The van der Waals surface area contributed by atoms with Gasteiger partial charge in [-0.1, -0.05) is 24.3 Å². The van der Waals surface area contributed by atoms with Crippen LogP contribution in [0.2, 0.25) is 0 Å². The molecular formula is C22H25N3O3. The number of carbonyl (C=O) groups is 2. The van der Waals surface area contributed by atoms with Crippen LogP contribution < -0.4 is 10.2 Å². The number of ether oxygens (including phenoxy) is 1. The van der Waals surface area contributed by atoms with Crippen molar-refractivity contribution in [3.05, 3.63) is 65.7 Å². The van der Waals surface area contributed by atoms with Crippen molar-refractivity contribution in [2.24, 2.45) is 0 Å². The van der Waals surface area contributed by atoms with E-state index in [9.17, 15) is 9.59 Å². The molecule has 0 atom stereocenters. The number of likely N-dealkylation sites (N-methyl/N-ethyl adjacent to an activating group) is 1. The largest absolute Gasteiger partial charge is 0.465 e. The highest BCUT2D eigenvalue weighted by molar-refractivity contribution is 6.03. The number of nitrogens with zero attached hydrogens (tertiary/aromatic N) is 2. The molecule has 3 rings (SSSR count). The monoisotopic (exact) mass is 379 g/mol. The first kappa shape index (κ1) is 19.6. The molecule has 0 aliphatic carbocycles. The third-order valence-corrected chi connectivity index (χ3v) is 4.76. The Morgan fingerprint density at radius 2 is 1.68 bits per heavy atom. The van der Waals surface area contributed by atoms with Crippen LogP contribution in [-0.4, -0.2) is 57.1 Å². The van der Waals surface area contributed by atoms with Crippen LogP contribution in [0.3, 0.4) is 0 Å². The number of hydrogen-bond acceptors (Lipinski definition) is 5. The third kappa shape index (κ3) is 4.98. The normalized spacial score (nSPS) is 14.9. The van der Waals surface area contributed by atoms with Crippen LogP contribution in [0.15, 0.2) is 54.6 Å². The van der Waals surface area contributed by atoms with E-state index >= 15 is 0 Å². The first-order valence-electron chi connectivity index (χ1n) is 9.27. The molecule has 28 heavy (non-hydrogen) atoms. The first-order chi connectivity index (χ1) is 13.6. The Kier molecular flexibility index (Phi) is 6.45. The van der Waals surface area contributed by atoms with Crippen molar-refractivity contribution in [3.8, 4) is 0 Å². The van der Waals surface area contributed by atoms with E-state index in [4.69, 9.17) is 0 Å². The summed E-state index contributed by atoms with van der Waals surface area (Å²) < 4.78 is 4.68. The summed E-state index contributed by atoms with van der Waals surface area (Å²) in [6.45, 7) is 3.88. The second-order valence-corrected chi connectivity index (χ2v) is 6.74. The highest BCUT2D eigenvalue weighted by Crippen LogP contribution is 2.26. The van der Waals surface area contributed by atoms with Gasteiger partial charge >= 0.3 is 5.97 Å². The average Bonchev–Trinajstić information content (AvgIpc) is 2.73. The molecule has 1 saturated heterocycles. The van der Waals surface area contributed by atoms with E-state index in [1.54, 1.807) is 30.3 Å². The summed E-state index contributed by atoms with van der Waals surface area (Å²) in [6.07, 6.45) is 3.21. The second-order valence-electron chi connectivity index (χ2n) is 6.74. The van der Waals surface area contributed by atoms with Crippen LogP contribution in [0.1, 0.15) is 15.9 Å². The molecule has 1 aliphatic rings. The lowest BCUT2D eigenvalue weighted by atomic mass is 10.1. The molecule has 0 bridgehead atoms. The van der Waals surface area contributed by atoms with E-state index in [0.29, 0.717) is 5.56 Å². The Bertz CT molecular complexity index is 854. The van der Waals surface area contributed by atoms with Crippen LogP contribution in [0.4, 0.5) is 11.4 Å². The molecular weight excluding hydrogens is 354 g/mol. The summed E-state index contributed by atoms with van der Waals surface area (Å²) in [5.41, 5.74) is 3.16. The molecule has 1 fully saturated rings.